The molecule has 3 heterocycles. The fraction of sp³-hybridized carbons (Fsp3) is 0.450. The summed E-state index contributed by atoms with van der Waals surface area (Å²) in [5, 5.41) is 0. The van der Waals surface area contributed by atoms with Gasteiger partial charge in [-0.15, -0.1) is 0 Å². The van der Waals surface area contributed by atoms with Crippen molar-refractivity contribution in [2.24, 2.45) is 7.05 Å². The first kappa shape index (κ1) is 16.8. The largest absolute Gasteiger partial charge is 0.340 e. The molecule has 6 heteroatoms. The van der Waals surface area contributed by atoms with Crippen LogP contribution in [0, 0.1) is 13.8 Å². The van der Waals surface area contributed by atoms with Gasteiger partial charge in [-0.1, -0.05) is 12.1 Å². The number of fused-ring (bicyclic) bond motifs is 1. The Bertz CT molecular complexity index is 954. The van der Waals surface area contributed by atoms with Gasteiger partial charge in [-0.05, 0) is 38.8 Å². The molecule has 0 aliphatic carbocycles. The Kier molecular flexibility index (Phi) is 4.26. The van der Waals surface area contributed by atoms with E-state index in [2.05, 4.69) is 28.7 Å². The lowest BCUT2D eigenvalue weighted by Gasteiger charge is -2.32. The molecular weight excluding hydrogens is 326 g/mol. The van der Waals surface area contributed by atoms with Crippen molar-refractivity contribution in [3.05, 3.63) is 47.8 Å². The van der Waals surface area contributed by atoms with Gasteiger partial charge in [0.25, 0.3) is 0 Å². The lowest BCUT2D eigenvalue weighted by atomic mass is 9.97. The lowest BCUT2D eigenvalue weighted by Crippen LogP contribution is -2.41. The first-order chi connectivity index (χ1) is 12.5. The van der Waals surface area contributed by atoms with Crippen molar-refractivity contribution in [2.45, 2.75) is 39.2 Å². The Balaban J connectivity index is 1.52. The Morgan fingerprint density at radius 3 is 2.81 bits per heavy atom. The number of para-hydroxylation sites is 2. The van der Waals surface area contributed by atoms with Gasteiger partial charge in [0.05, 0.1) is 23.1 Å². The van der Waals surface area contributed by atoms with Crippen LogP contribution in [0.4, 0.5) is 0 Å². The van der Waals surface area contributed by atoms with E-state index < -0.39 is 0 Å². The average Bonchev–Trinajstić information content (AvgIpc) is 3.16. The van der Waals surface area contributed by atoms with Crippen molar-refractivity contribution < 1.29 is 4.79 Å². The van der Waals surface area contributed by atoms with Gasteiger partial charge < -0.3 is 14.0 Å². The summed E-state index contributed by atoms with van der Waals surface area (Å²) in [5.41, 5.74) is 4.21. The van der Waals surface area contributed by atoms with Crippen LogP contribution in [0.5, 0.6) is 0 Å². The highest BCUT2D eigenvalue weighted by Crippen LogP contribution is 2.28. The number of amides is 1. The Morgan fingerprint density at radius 2 is 2.08 bits per heavy atom. The van der Waals surface area contributed by atoms with Gasteiger partial charge in [-0.25, -0.2) is 9.97 Å². The van der Waals surface area contributed by atoms with E-state index in [1.54, 1.807) is 6.33 Å². The van der Waals surface area contributed by atoms with Crippen molar-refractivity contribution in [2.75, 3.05) is 13.1 Å². The predicted octanol–water partition coefficient (Wildman–Crippen LogP) is 2.79. The number of imidazole rings is 2. The van der Waals surface area contributed by atoms with Crippen LogP contribution in [-0.4, -0.2) is 43.0 Å². The fourth-order valence-electron chi connectivity index (χ4n) is 3.89. The molecule has 1 aromatic carbocycles. The van der Waals surface area contributed by atoms with Crippen LogP contribution in [0.3, 0.4) is 0 Å². The molecule has 1 saturated heterocycles. The fourth-order valence-corrected chi connectivity index (χ4v) is 3.89. The second kappa shape index (κ2) is 6.59. The zero-order chi connectivity index (χ0) is 18.3. The number of carbonyl (C=O) groups excluding carboxylic acids is 1. The molecule has 0 saturated carbocycles. The van der Waals surface area contributed by atoms with Crippen LogP contribution in [0.25, 0.3) is 11.0 Å². The molecular formula is C20H25N5O. The molecule has 136 valence electrons. The Morgan fingerprint density at radius 1 is 1.27 bits per heavy atom. The van der Waals surface area contributed by atoms with E-state index in [4.69, 9.17) is 4.98 Å². The molecule has 1 amide bonds. The van der Waals surface area contributed by atoms with Crippen molar-refractivity contribution >= 4 is 16.9 Å². The number of likely N-dealkylation sites (tertiary alicyclic amines) is 1. The van der Waals surface area contributed by atoms with Gasteiger partial charge in [0, 0.05) is 31.7 Å². The minimum atomic E-state index is 0.161. The Hall–Kier alpha value is -2.63. The molecule has 26 heavy (non-hydrogen) atoms. The predicted molar refractivity (Wildman–Crippen MR) is 101 cm³/mol. The molecule has 4 rings (SSSR count). The van der Waals surface area contributed by atoms with Crippen molar-refractivity contribution in [3.8, 4) is 0 Å². The molecule has 0 N–H and O–H groups in total. The minimum absolute atomic E-state index is 0.161. The quantitative estimate of drug-likeness (QED) is 0.729. The van der Waals surface area contributed by atoms with Gasteiger partial charge in [0.15, 0.2) is 0 Å². The summed E-state index contributed by atoms with van der Waals surface area (Å²) < 4.78 is 4.12. The summed E-state index contributed by atoms with van der Waals surface area (Å²) >= 11 is 0. The van der Waals surface area contributed by atoms with Gasteiger partial charge >= 0.3 is 0 Å². The summed E-state index contributed by atoms with van der Waals surface area (Å²) in [7, 11) is 2.07. The average molecular weight is 351 g/mol. The minimum Gasteiger partial charge on any atom is -0.340 e. The third-order valence-corrected chi connectivity index (χ3v) is 5.61. The van der Waals surface area contributed by atoms with Gasteiger partial charge in [0.2, 0.25) is 5.91 Å². The van der Waals surface area contributed by atoms with E-state index in [0.717, 1.165) is 54.2 Å². The van der Waals surface area contributed by atoms with Gasteiger partial charge in [-0.3, -0.25) is 4.79 Å². The SMILES string of the molecule is Cc1ncn(CC(=O)N2CCC[C@H](c3nc4ccccc4n3C)C2)c1C. The third kappa shape index (κ3) is 2.89. The van der Waals surface area contributed by atoms with Gasteiger partial charge in [0.1, 0.15) is 12.4 Å². The number of hydrogen-bond acceptors (Lipinski definition) is 3. The van der Waals surface area contributed by atoms with E-state index in [1.165, 1.54) is 0 Å². The normalized spacial score (nSPS) is 17.8. The lowest BCUT2D eigenvalue weighted by molar-refractivity contribution is -0.133. The van der Waals surface area contributed by atoms with E-state index in [1.807, 2.05) is 35.4 Å². The molecule has 1 aliphatic rings. The van der Waals surface area contributed by atoms with E-state index in [9.17, 15) is 4.79 Å². The van der Waals surface area contributed by atoms with Crippen LogP contribution in [0.15, 0.2) is 30.6 Å². The summed E-state index contributed by atoms with van der Waals surface area (Å²) in [4.78, 5) is 23.9. The van der Waals surface area contributed by atoms with E-state index in [-0.39, 0.29) is 11.8 Å². The zero-order valence-electron chi connectivity index (χ0n) is 15.6. The molecule has 0 spiro atoms. The third-order valence-electron chi connectivity index (χ3n) is 5.61. The van der Waals surface area contributed by atoms with Crippen LogP contribution < -0.4 is 0 Å². The van der Waals surface area contributed by atoms with Crippen LogP contribution in [0.1, 0.15) is 36.0 Å². The molecule has 2 aromatic heterocycles. The maximum absolute atomic E-state index is 12.8. The summed E-state index contributed by atoms with van der Waals surface area (Å²) in [6, 6.07) is 8.21. The molecule has 0 bridgehead atoms. The second-order valence-corrected chi connectivity index (χ2v) is 7.24. The van der Waals surface area contributed by atoms with Crippen molar-refractivity contribution in [1.29, 1.82) is 0 Å². The highest BCUT2D eigenvalue weighted by atomic mass is 16.2. The monoisotopic (exact) mass is 351 g/mol. The smallest absolute Gasteiger partial charge is 0.242 e. The molecule has 1 atom stereocenters. The maximum Gasteiger partial charge on any atom is 0.242 e. The first-order valence-corrected chi connectivity index (χ1v) is 9.22. The number of carbonyl (C=O) groups is 1. The van der Waals surface area contributed by atoms with E-state index in [0.29, 0.717) is 6.54 Å². The standard InChI is InChI=1S/C20H25N5O/c1-14-15(2)25(13-21-14)12-19(26)24-10-6-7-16(11-24)20-22-17-8-4-5-9-18(17)23(20)3/h4-5,8-9,13,16H,6-7,10-12H2,1-3H3/t16-/m0/s1. The highest BCUT2D eigenvalue weighted by Gasteiger charge is 2.28. The van der Waals surface area contributed by atoms with Crippen LogP contribution in [0.2, 0.25) is 0 Å². The van der Waals surface area contributed by atoms with Gasteiger partial charge in [-0.2, -0.15) is 0 Å². The number of nitrogens with zero attached hydrogens (tertiary/aromatic N) is 5. The van der Waals surface area contributed by atoms with Crippen molar-refractivity contribution in [1.82, 2.24) is 24.0 Å². The summed E-state index contributed by atoms with van der Waals surface area (Å²) in [5.74, 6) is 1.53. The summed E-state index contributed by atoms with van der Waals surface area (Å²) in [6.07, 6.45) is 3.85. The molecule has 0 unspecified atom stereocenters. The number of hydrogen-bond donors (Lipinski definition) is 0. The molecule has 1 aliphatic heterocycles. The molecule has 3 aromatic rings. The zero-order valence-corrected chi connectivity index (χ0v) is 15.6. The molecule has 1 fully saturated rings. The molecule has 6 nitrogen and oxygen atoms in total. The molecule has 0 radical (unpaired) electrons. The number of benzene rings is 1. The number of aromatic nitrogens is 4. The first-order valence-electron chi connectivity index (χ1n) is 9.22. The second-order valence-electron chi connectivity index (χ2n) is 7.24. The van der Waals surface area contributed by atoms with E-state index >= 15 is 0 Å². The number of piperidine rings is 1. The number of aryl methyl sites for hydroxylation is 2. The Labute approximate surface area is 153 Å². The maximum atomic E-state index is 12.8. The number of rotatable bonds is 3. The highest BCUT2D eigenvalue weighted by molar-refractivity contribution is 5.77. The van der Waals surface area contributed by atoms with Crippen LogP contribution in [-0.2, 0) is 18.4 Å². The van der Waals surface area contributed by atoms with Crippen LogP contribution >= 0.6 is 0 Å². The van der Waals surface area contributed by atoms with Crippen molar-refractivity contribution in [3.63, 3.8) is 0 Å². The topological polar surface area (TPSA) is 56.0 Å². The summed E-state index contributed by atoms with van der Waals surface area (Å²) in [6.45, 7) is 5.91.